The van der Waals surface area contributed by atoms with Crippen LogP contribution in [0.25, 0.3) is 0 Å². The van der Waals surface area contributed by atoms with E-state index in [1.807, 2.05) is 13.8 Å². The van der Waals surface area contributed by atoms with Crippen LogP contribution < -0.4 is 10.6 Å². The summed E-state index contributed by atoms with van der Waals surface area (Å²) in [4.78, 5) is 11.1. The number of carbonyl (C=O) groups is 1. The highest BCUT2D eigenvalue weighted by atomic mass is 16.5. The first-order chi connectivity index (χ1) is 6.72. The minimum atomic E-state index is -0.0408. The molecule has 0 aliphatic rings. The van der Waals surface area contributed by atoms with Gasteiger partial charge in [-0.3, -0.25) is 4.79 Å². The van der Waals surface area contributed by atoms with Crippen LogP contribution in [0.4, 0.5) is 0 Å². The standard InChI is InChI=1S/C9H15N3O2/c1-3-10-6-9(13)11-5-8-4-7(2)12-14-8/h4,10H,3,5-6H2,1-2H3,(H,11,13). The molecule has 0 aliphatic heterocycles. The van der Waals surface area contributed by atoms with Gasteiger partial charge in [0.25, 0.3) is 0 Å². The minimum absolute atomic E-state index is 0.0408. The molecule has 0 radical (unpaired) electrons. The van der Waals surface area contributed by atoms with Crippen LogP contribution in [0.3, 0.4) is 0 Å². The number of amides is 1. The fourth-order valence-corrected chi connectivity index (χ4v) is 0.986. The van der Waals surface area contributed by atoms with E-state index in [1.54, 1.807) is 6.07 Å². The van der Waals surface area contributed by atoms with Gasteiger partial charge in [0, 0.05) is 6.07 Å². The van der Waals surface area contributed by atoms with Gasteiger partial charge in [-0.15, -0.1) is 0 Å². The quantitative estimate of drug-likeness (QED) is 0.708. The van der Waals surface area contributed by atoms with Gasteiger partial charge in [0.2, 0.25) is 5.91 Å². The number of hydrogen-bond acceptors (Lipinski definition) is 4. The third-order valence-corrected chi connectivity index (χ3v) is 1.67. The van der Waals surface area contributed by atoms with E-state index >= 15 is 0 Å². The lowest BCUT2D eigenvalue weighted by molar-refractivity contribution is -0.120. The van der Waals surface area contributed by atoms with Crippen molar-refractivity contribution in [3.63, 3.8) is 0 Å². The highest BCUT2D eigenvalue weighted by Crippen LogP contribution is 2.00. The average Bonchev–Trinajstić information content (AvgIpc) is 2.58. The molecule has 0 bridgehead atoms. The normalized spacial score (nSPS) is 10.1. The predicted molar refractivity (Wildman–Crippen MR) is 51.6 cm³/mol. The largest absolute Gasteiger partial charge is 0.359 e. The van der Waals surface area contributed by atoms with Crippen molar-refractivity contribution >= 4 is 5.91 Å². The number of nitrogens with zero attached hydrogens (tertiary/aromatic N) is 1. The van der Waals surface area contributed by atoms with Crippen LogP contribution in [0, 0.1) is 6.92 Å². The lowest BCUT2D eigenvalue weighted by Gasteiger charge is -2.02. The molecule has 1 rings (SSSR count). The maximum absolute atomic E-state index is 11.1. The van der Waals surface area contributed by atoms with Crippen LogP contribution in [-0.4, -0.2) is 24.2 Å². The molecule has 0 saturated carbocycles. The van der Waals surface area contributed by atoms with Gasteiger partial charge in [-0.2, -0.15) is 0 Å². The summed E-state index contributed by atoms with van der Waals surface area (Å²) in [5.41, 5.74) is 0.820. The Morgan fingerprint density at radius 1 is 1.64 bits per heavy atom. The molecule has 1 heterocycles. The predicted octanol–water partition coefficient (Wildman–Crippen LogP) is 0.209. The summed E-state index contributed by atoms with van der Waals surface area (Å²) < 4.78 is 4.93. The van der Waals surface area contributed by atoms with Gasteiger partial charge in [-0.05, 0) is 13.5 Å². The zero-order valence-electron chi connectivity index (χ0n) is 8.46. The first-order valence-corrected chi connectivity index (χ1v) is 4.62. The molecule has 14 heavy (non-hydrogen) atoms. The molecule has 78 valence electrons. The molecule has 0 spiro atoms. The van der Waals surface area contributed by atoms with Crippen LogP contribution in [0.15, 0.2) is 10.6 Å². The summed E-state index contributed by atoms with van der Waals surface area (Å²) in [6, 6.07) is 1.80. The Morgan fingerprint density at radius 3 is 3.00 bits per heavy atom. The molecule has 0 unspecified atom stereocenters. The van der Waals surface area contributed by atoms with Crippen LogP contribution in [0.1, 0.15) is 18.4 Å². The van der Waals surface area contributed by atoms with Crippen LogP contribution in [0.5, 0.6) is 0 Å². The smallest absolute Gasteiger partial charge is 0.234 e. The van der Waals surface area contributed by atoms with Gasteiger partial charge in [0.05, 0.1) is 18.8 Å². The van der Waals surface area contributed by atoms with E-state index in [9.17, 15) is 4.79 Å². The maximum Gasteiger partial charge on any atom is 0.234 e. The Labute approximate surface area is 82.8 Å². The molecule has 0 saturated heterocycles. The average molecular weight is 197 g/mol. The summed E-state index contributed by atoms with van der Waals surface area (Å²) in [6.07, 6.45) is 0. The molecule has 2 N–H and O–H groups in total. The molecule has 0 aliphatic carbocycles. The Morgan fingerprint density at radius 2 is 2.43 bits per heavy atom. The summed E-state index contributed by atoms with van der Waals surface area (Å²) >= 11 is 0. The number of aryl methyl sites for hydroxylation is 1. The van der Waals surface area contributed by atoms with E-state index in [0.29, 0.717) is 18.8 Å². The molecule has 5 heteroatoms. The Hall–Kier alpha value is -1.36. The second-order valence-corrected chi connectivity index (χ2v) is 2.99. The monoisotopic (exact) mass is 197 g/mol. The first-order valence-electron chi connectivity index (χ1n) is 4.62. The van der Waals surface area contributed by atoms with Crippen molar-refractivity contribution in [2.75, 3.05) is 13.1 Å². The Balaban J connectivity index is 2.23. The molecule has 1 aromatic heterocycles. The molecule has 5 nitrogen and oxygen atoms in total. The molecular formula is C9H15N3O2. The van der Waals surface area contributed by atoms with E-state index < -0.39 is 0 Å². The Kier molecular flexibility index (Phi) is 4.12. The van der Waals surface area contributed by atoms with Crippen molar-refractivity contribution in [3.8, 4) is 0 Å². The van der Waals surface area contributed by atoms with Crippen molar-refractivity contribution in [1.82, 2.24) is 15.8 Å². The number of hydrogen-bond donors (Lipinski definition) is 2. The van der Waals surface area contributed by atoms with Gasteiger partial charge in [-0.1, -0.05) is 12.1 Å². The lowest BCUT2D eigenvalue weighted by Crippen LogP contribution is -2.33. The van der Waals surface area contributed by atoms with Gasteiger partial charge >= 0.3 is 0 Å². The van der Waals surface area contributed by atoms with E-state index in [0.717, 1.165) is 12.2 Å². The second-order valence-electron chi connectivity index (χ2n) is 2.99. The number of nitrogens with one attached hydrogen (secondary N) is 2. The van der Waals surface area contributed by atoms with Crippen molar-refractivity contribution in [2.45, 2.75) is 20.4 Å². The van der Waals surface area contributed by atoms with Crippen LogP contribution in [-0.2, 0) is 11.3 Å². The molecule has 1 aromatic rings. The topological polar surface area (TPSA) is 67.2 Å². The van der Waals surface area contributed by atoms with Crippen molar-refractivity contribution < 1.29 is 9.32 Å². The third-order valence-electron chi connectivity index (χ3n) is 1.67. The van der Waals surface area contributed by atoms with Crippen LogP contribution in [0.2, 0.25) is 0 Å². The van der Waals surface area contributed by atoms with Gasteiger partial charge in [0.15, 0.2) is 5.76 Å². The van der Waals surface area contributed by atoms with Gasteiger partial charge in [0.1, 0.15) is 0 Å². The highest BCUT2D eigenvalue weighted by molar-refractivity contribution is 5.77. The summed E-state index contributed by atoms with van der Waals surface area (Å²) in [7, 11) is 0. The first kappa shape index (κ1) is 10.7. The number of rotatable bonds is 5. The molecule has 1 amide bonds. The molecule has 0 aromatic carbocycles. The van der Waals surface area contributed by atoms with E-state index in [2.05, 4.69) is 15.8 Å². The van der Waals surface area contributed by atoms with Gasteiger partial charge < -0.3 is 15.2 Å². The maximum atomic E-state index is 11.1. The fourth-order valence-electron chi connectivity index (χ4n) is 0.986. The summed E-state index contributed by atoms with van der Waals surface area (Å²) in [5.74, 6) is 0.633. The van der Waals surface area contributed by atoms with Crippen molar-refractivity contribution in [2.24, 2.45) is 0 Å². The summed E-state index contributed by atoms with van der Waals surface area (Å²) in [5, 5.41) is 9.36. The molecule has 0 atom stereocenters. The third kappa shape index (κ3) is 3.57. The molecular weight excluding hydrogens is 182 g/mol. The highest BCUT2D eigenvalue weighted by Gasteiger charge is 2.03. The zero-order valence-corrected chi connectivity index (χ0v) is 8.46. The van der Waals surface area contributed by atoms with E-state index in [1.165, 1.54) is 0 Å². The van der Waals surface area contributed by atoms with E-state index in [-0.39, 0.29) is 5.91 Å². The van der Waals surface area contributed by atoms with Crippen molar-refractivity contribution in [1.29, 1.82) is 0 Å². The minimum Gasteiger partial charge on any atom is -0.359 e. The van der Waals surface area contributed by atoms with E-state index in [4.69, 9.17) is 4.52 Å². The SMILES string of the molecule is CCNCC(=O)NCc1cc(C)no1. The number of carbonyl (C=O) groups excluding carboxylic acids is 1. The summed E-state index contributed by atoms with van der Waals surface area (Å²) in [6.45, 7) is 5.31. The number of likely N-dealkylation sites (N-methyl/N-ethyl adjacent to an activating group) is 1. The fraction of sp³-hybridized carbons (Fsp3) is 0.556. The lowest BCUT2D eigenvalue weighted by atomic mass is 10.4. The van der Waals surface area contributed by atoms with Crippen LogP contribution >= 0.6 is 0 Å². The van der Waals surface area contributed by atoms with Gasteiger partial charge in [-0.25, -0.2) is 0 Å². The van der Waals surface area contributed by atoms with Crippen molar-refractivity contribution in [3.05, 3.63) is 17.5 Å². The Bertz CT molecular complexity index is 296. The second kappa shape index (κ2) is 5.39. The number of aromatic nitrogens is 1. The zero-order chi connectivity index (χ0) is 10.4. The molecule has 0 fully saturated rings.